The number of hydrogen-bond acceptors (Lipinski definition) is 2. The third-order valence-electron chi connectivity index (χ3n) is 3.69. The van der Waals surface area contributed by atoms with Crippen LogP contribution in [0.1, 0.15) is 52.9 Å². The van der Waals surface area contributed by atoms with Crippen LogP contribution in [0.5, 0.6) is 0 Å². The molecule has 1 fully saturated rings. The maximum Gasteiger partial charge on any atom is 0.00818 e. The summed E-state index contributed by atoms with van der Waals surface area (Å²) >= 11 is 0. The standard InChI is InChI=1S/C14H30N2/c1-4-10-15-14(12-13-7-8-13)9-11-16(5-2)6-3/h13-15H,4-12H2,1-3H3. The summed E-state index contributed by atoms with van der Waals surface area (Å²) in [4.78, 5) is 2.54. The Bertz CT molecular complexity index is 162. The van der Waals surface area contributed by atoms with Gasteiger partial charge in [-0.15, -0.1) is 0 Å². The lowest BCUT2D eigenvalue weighted by Gasteiger charge is -2.23. The van der Waals surface area contributed by atoms with Gasteiger partial charge in [0.2, 0.25) is 0 Å². The molecular formula is C14H30N2. The van der Waals surface area contributed by atoms with Gasteiger partial charge in [0.15, 0.2) is 0 Å². The van der Waals surface area contributed by atoms with Crippen molar-refractivity contribution >= 4 is 0 Å². The van der Waals surface area contributed by atoms with Crippen LogP contribution < -0.4 is 5.32 Å². The molecule has 0 radical (unpaired) electrons. The summed E-state index contributed by atoms with van der Waals surface area (Å²) in [7, 11) is 0. The van der Waals surface area contributed by atoms with Crippen molar-refractivity contribution in [2.75, 3.05) is 26.2 Å². The van der Waals surface area contributed by atoms with E-state index in [1.54, 1.807) is 0 Å². The molecule has 1 atom stereocenters. The second kappa shape index (κ2) is 8.08. The molecule has 1 rings (SSSR count). The molecule has 0 saturated heterocycles. The first-order valence-electron chi connectivity index (χ1n) is 7.25. The molecular weight excluding hydrogens is 196 g/mol. The summed E-state index contributed by atoms with van der Waals surface area (Å²) in [5.74, 6) is 1.05. The van der Waals surface area contributed by atoms with Crippen molar-refractivity contribution in [3.05, 3.63) is 0 Å². The normalized spacial score (nSPS) is 18.0. The summed E-state index contributed by atoms with van der Waals surface area (Å²) in [5, 5.41) is 3.72. The summed E-state index contributed by atoms with van der Waals surface area (Å²) in [6, 6.07) is 0.771. The molecule has 0 spiro atoms. The van der Waals surface area contributed by atoms with Crippen molar-refractivity contribution in [3.8, 4) is 0 Å². The van der Waals surface area contributed by atoms with Gasteiger partial charge in [0.05, 0.1) is 0 Å². The number of nitrogens with zero attached hydrogens (tertiary/aromatic N) is 1. The van der Waals surface area contributed by atoms with Crippen molar-refractivity contribution in [1.82, 2.24) is 10.2 Å². The summed E-state index contributed by atoms with van der Waals surface area (Å²) in [5.41, 5.74) is 0. The van der Waals surface area contributed by atoms with E-state index in [0.29, 0.717) is 0 Å². The van der Waals surface area contributed by atoms with Crippen LogP contribution in [0.3, 0.4) is 0 Å². The molecule has 0 aromatic heterocycles. The lowest BCUT2D eigenvalue weighted by Crippen LogP contribution is -2.35. The molecule has 0 bridgehead atoms. The first-order chi connectivity index (χ1) is 7.80. The van der Waals surface area contributed by atoms with Gasteiger partial charge in [-0.05, 0) is 51.4 Å². The quantitative estimate of drug-likeness (QED) is 0.616. The summed E-state index contributed by atoms with van der Waals surface area (Å²) in [6.07, 6.45) is 6.97. The lowest BCUT2D eigenvalue weighted by molar-refractivity contribution is 0.275. The van der Waals surface area contributed by atoms with Crippen LogP contribution in [0, 0.1) is 5.92 Å². The van der Waals surface area contributed by atoms with Crippen LogP contribution in [-0.4, -0.2) is 37.1 Å². The second-order valence-electron chi connectivity index (χ2n) is 5.15. The molecule has 1 saturated carbocycles. The largest absolute Gasteiger partial charge is 0.314 e. The molecule has 2 heteroatoms. The van der Waals surface area contributed by atoms with Crippen LogP contribution in [0.15, 0.2) is 0 Å². The highest BCUT2D eigenvalue weighted by atomic mass is 15.1. The Morgan fingerprint density at radius 3 is 2.38 bits per heavy atom. The van der Waals surface area contributed by atoms with Crippen molar-refractivity contribution in [3.63, 3.8) is 0 Å². The van der Waals surface area contributed by atoms with E-state index in [4.69, 9.17) is 0 Å². The Kier molecular flexibility index (Phi) is 7.06. The van der Waals surface area contributed by atoms with Gasteiger partial charge in [-0.2, -0.15) is 0 Å². The van der Waals surface area contributed by atoms with Crippen molar-refractivity contribution < 1.29 is 0 Å². The van der Waals surface area contributed by atoms with Crippen LogP contribution >= 0.6 is 0 Å². The Morgan fingerprint density at radius 2 is 1.88 bits per heavy atom. The highest BCUT2D eigenvalue weighted by Gasteiger charge is 2.25. The van der Waals surface area contributed by atoms with Gasteiger partial charge in [-0.25, -0.2) is 0 Å². The molecule has 0 amide bonds. The molecule has 1 unspecified atom stereocenters. The Labute approximate surface area is 102 Å². The smallest absolute Gasteiger partial charge is 0.00818 e. The van der Waals surface area contributed by atoms with E-state index in [1.165, 1.54) is 58.3 Å². The molecule has 2 nitrogen and oxygen atoms in total. The maximum atomic E-state index is 3.72. The monoisotopic (exact) mass is 226 g/mol. The zero-order valence-electron chi connectivity index (χ0n) is 11.5. The number of rotatable bonds is 10. The SMILES string of the molecule is CCCNC(CCN(CC)CC)CC1CC1. The van der Waals surface area contributed by atoms with Gasteiger partial charge in [0.25, 0.3) is 0 Å². The average molecular weight is 226 g/mol. The topological polar surface area (TPSA) is 15.3 Å². The molecule has 0 aromatic carbocycles. The Hall–Kier alpha value is -0.0800. The molecule has 0 heterocycles. The van der Waals surface area contributed by atoms with Gasteiger partial charge in [0, 0.05) is 6.04 Å². The third kappa shape index (κ3) is 5.86. The summed E-state index contributed by atoms with van der Waals surface area (Å²) in [6.45, 7) is 11.6. The molecule has 1 aliphatic rings. The minimum atomic E-state index is 0.771. The predicted molar refractivity (Wildman–Crippen MR) is 71.8 cm³/mol. The van der Waals surface area contributed by atoms with Crippen LogP contribution in [0.2, 0.25) is 0 Å². The van der Waals surface area contributed by atoms with E-state index in [2.05, 4.69) is 31.0 Å². The fraction of sp³-hybridized carbons (Fsp3) is 1.00. The van der Waals surface area contributed by atoms with E-state index in [1.807, 2.05) is 0 Å². The molecule has 1 N–H and O–H groups in total. The second-order valence-corrected chi connectivity index (χ2v) is 5.15. The molecule has 0 aliphatic heterocycles. The van der Waals surface area contributed by atoms with Crippen molar-refractivity contribution in [1.29, 1.82) is 0 Å². The van der Waals surface area contributed by atoms with E-state index in [-0.39, 0.29) is 0 Å². The van der Waals surface area contributed by atoms with E-state index in [0.717, 1.165) is 12.0 Å². The fourth-order valence-electron chi connectivity index (χ4n) is 2.29. The van der Waals surface area contributed by atoms with Gasteiger partial charge >= 0.3 is 0 Å². The van der Waals surface area contributed by atoms with Crippen LogP contribution in [-0.2, 0) is 0 Å². The minimum Gasteiger partial charge on any atom is -0.314 e. The highest BCUT2D eigenvalue weighted by molar-refractivity contribution is 4.80. The predicted octanol–water partition coefficient (Wildman–Crippen LogP) is 2.89. The first-order valence-corrected chi connectivity index (χ1v) is 7.25. The van der Waals surface area contributed by atoms with Crippen LogP contribution in [0.4, 0.5) is 0 Å². The maximum absolute atomic E-state index is 3.72. The Balaban J connectivity index is 2.18. The molecule has 96 valence electrons. The number of hydrogen-bond donors (Lipinski definition) is 1. The molecule has 16 heavy (non-hydrogen) atoms. The number of nitrogens with one attached hydrogen (secondary N) is 1. The van der Waals surface area contributed by atoms with Gasteiger partial charge in [0.1, 0.15) is 0 Å². The van der Waals surface area contributed by atoms with Gasteiger partial charge in [-0.3, -0.25) is 0 Å². The minimum absolute atomic E-state index is 0.771. The Morgan fingerprint density at radius 1 is 1.19 bits per heavy atom. The van der Waals surface area contributed by atoms with Gasteiger partial charge < -0.3 is 10.2 Å². The van der Waals surface area contributed by atoms with Crippen LogP contribution in [0.25, 0.3) is 0 Å². The molecule has 0 aromatic rings. The van der Waals surface area contributed by atoms with E-state index in [9.17, 15) is 0 Å². The van der Waals surface area contributed by atoms with E-state index < -0.39 is 0 Å². The highest BCUT2D eigenvalue weighted by Crippen LogP contribution is 2.34. The molecule has 1 aliphatic carbocycles. The van der Waals surface area contributed by atoms with Crippen molar-refractivity contribution in [2.45, 2.75) is 58.9 Å². The first kappa shape index (κ1) is 14.0. The van der Waals surface area contributed by atoms with Gasteiger partial charge in [-0.1, -0.05) is 33.6 Å². The average Bonchev–Trinajstić information content (AvgIpc) is 3.10. The zero-order chi connectivity index (χ0) is 11.8. The fourth-order valence-corrected chi connectivity index (χ4v) is 2.29. The summed E-state index contributed by atoms with van der Waals surface area (Å²) < 4.78 is 0. The lowest BCUT2D eigenvalue weighted by atomic mass is 10.1. The zero-order valence-corrected chi connectivity index (χ0v) is 11.5. The van der Waals surface area contributed by atoms with E-state index >= 15 is 0 Å². The van der Waals surface area contributed by atoms with Crippen molar-refractivity contribution in [2.24, 2.45) is 5.92 Å². The third-order valence-corrected chi connectivity index (χ3v) is 3.69.